The van der Waals surface area contributed by atoms with E-state index in [4.69, 9.17) is 4.74 Å². The van der Waals surface area contributed by atoms with Gasteiger partial charge in [0.15, 0.2) is 0 Å². The number of carbonyl (C=O) groups is 1. The summed E-state index contributed by atoms with van der Waals surface area (Å²) in [6.45, 7) is 2.24. The molecule has 0 saturated heterocycles. The smallest absolute Gasteiger partial charge is 0.253 e. The van der Waals surface area contributed by atoms with Crippen LogP contribution in [0.25, 0.3) is 11.3 Å². The first-order valence-corrected chi connectivity index (χ1v) is 7.97. The van der Waals surface area contributed by atoms with Crippen LogP contribution in [-0.4, -0.2) is 23.0 Å². The fraction of sp³-hybridized carbons (Fsp3) is 0.150. The maximum Gasteiger partial charge on any atom is 0.253 e. The number of nitrogens with zero attached hydrogens (tertiary/aromatic N) is 2. The van der Waals surface area contributed by atoms with Crippen LogP contribution in [-0.2, 0) is 6.54 Å². The van der Waals surface area contributed by atoms with E-state index in [0.717, 1.165) is 16.8 Å². The van der Waals surface area contributed by atoms with Gasteiger partial charge in [-0.15, -0.1) is 0 Å². The van der Waals surface area contributed by atoms with E-state index in [1.165, 1.54) is 0 Å². The number of nitrogens with one attached hydrogen (secondary N) is 1. The van der Waals surface area contributed by atoms with Gasteiger partial charge in [-0.1, -0.05) is 36.4 Å². The lowest BCUT2D eigenvalue weighted by atomic mass is 10.1. The Morgan fingerprint density at radius 1 is 1.08 bits per heavy atom. The Hall–Kier alpha value is -3.21. The zero-order valence-corrected chi connectivity index (χ0v) is 14.2. The van der Waals surface area contributed by atoms with E-state index < -0.39 is 0 Å². The molecule has 5 nitrogen and oxygen atoms in total. The fourth-order valence-corrected chi connectivity index (χ4v) is 2.48. The Kier molecular flexibility index (Phi) is 5.04. The van der Waals surface area contributed by atoms with Crippen molar-refractivity contribution in [2.75, 3.05) is 7.11 Å². The van der Waals surface area contributed by atoms with Crippen LogP contribution in [0.15, 0.2) is 60.8 Å². The van der Waals surface area contributed by atoms with Crippen LogP contribution in [0.1, 0.15) is 21.6 Å². The molecule has 0 aliphatic carbocycles. The van der Waals surface area contributed by atoms with E-state index in [2.05, 4.69) is 15.3 Å². The van der Waals surface area contributed by atoms with Gasteiger partial charge in [-0.25, -0.2) is 4.98 Å². The second-order valence-corrected chi connectivity index (χ2v) is 5.59. The van der Waals surface area contributed by atoms with Crippen molar-refractivity contribution in [2.45, 2.75) is 13.5 Å². The Balaban J connectivity index is 1.69. The highest BCUT2D eigenvalue weighted by molar-refractivity contribution is 5.95. The quantitative estimate of drug-likeness (QED) is 0.777. The van der Waals surface area contributed by atoms with E-state index in [1.54, 1.807) is 19.4 Å². The minimum Gasteiger partial charge on any atom is -0.481 e. The van der Waals surface area contributed by atoms with Crippen molar-refractivity contribution in [1.82, 2.24) is 15.3 Å². The number of aromatic nitrogens is 2. The third-order valence-electron chi connectivity index (χ3n) is 3.86. The number of carbonyl (C=O) groups excluding carboxylic acids is 1. The summed E-state index contributed by atoms with van der Waals surface area (Å²) < 4.78 is 5.02. The van der Waals surface area contributed by atoms with Crippen molar-refractivity contribution in [2.24, 2.45) is 0 Å². The minimum atomic E-state index is -0.152. The van der Waals surface area contributed by atoms with Gasteiger partial charge in [0.1, 0.15) is 0 Å². The number of amides is 1. The molecule has 1 N–H and O–H groups in total. The third-order valence-corrected chi connectivity index (χ3v) is 3.86. The average molecular weight is 333 g/mol. The molecule has 2 aromatic heterocycles. The van der Waals surface area contributed by atoms with Gasteiger partial charge in [0.25, 0.3) is 5.91 Å². The molecule has 0 fully saturated rings. The third kappa shape index (κ3) is 4.01. The molecular formula is C20H19N3O2. The molecule has 0 aliphatic heterocycles. The summed E-state index contributed by atoms with van der Waals surface area (Å²) in [7, 11) is 1.57. The zero-order chi connectivity index (χ0) is 17.6. The predicted molar refractivity (Wildman–Crippen MR) is 96.4 cm³/mol. The summed E-state index contributed by atoms with van der Waals surface area (Å²) in [5.41, 5.74) is 4.06. The van der Waals surface area contributed by atoms with Crippen LogP contribution in [0.2, 0.25) is 0 Å². The molecule has 1 amide bonds. The van der Waals surface area contributed by atoms with Gasteiger partial charge in [-0.3, -0.25) is 9.78 Å². The Bertz CT molecular complexity index is 862. The van der Waals surface area contributed by atoms with E-state index in [-0.39, 0.29) is 5.91 Å². The topological polar surface area (TPSA) is 64.1 Å². The average Bonchev–Trinajstić information content (AvgIpc) is 2.67. The van der Waals surface area contributed by atoms with Gasteiger partial charge in [0.2, 0.25) is 5.88 Å². The first kappa shape index (κ1) is 16.6. The first-order valence-electron chi connectivity index (χ1n) is 7.97. The molecule has 0 bridgehead atoms. The number of rotatable bonds is 5. The van der Waals surface area contributed by atoms with Crippen molar-refractivity contribution in [1.29, 1.82) is 0 Å². The predicted octanol–water partition coefficient (Wildman–Crippen LogP) is 3.39. The van der Waals surface area contributed by atoms with Crippen LogP contribution in [0.5, 0.6) is 5.88 Å². The van der Waals surface area contributed by atoms with E-state index >= 15 is 0 Å². The Labute approximate surface area is 146 Å². The van der Waals surface area contributed by atoms with Crippen LogP contribution in [0.4, 0.5) is 0 Å². The summed E-state index contributed by atoms with van der Waals surface area (Å²) >= 11 is 0. The van der Waals surface area contributed by atoms with Gasteiger partial charge >= 0.3 is 0 Å². The summed E-state index contributed by atoms with van der Waals surface area (Å²) in [5.74, 6) is 0.395. The lowest BCUT2D eigenvalue weighted by molar-refractivity contribution is 0.0950. The van der Waals surface area contributed by atoms with Gasteiger partial charge < -0.3 is 10.1 Å². The number of methoxy groups -OCH3 is 1. The SMILES string of the molecule is COc1ccc(CNC(=O)c2ccc(-c3ccccc3)nc2C)cn1. The van der Waals surface area contributed by atoms with Crippen LogP contribution in [0, 0.1) is 6.92 Å². The number of hydrogen-bond acceptors (Lipinski definition) is 4. The highest BCUT2D eigenvalue weighted by Crippen LogP contribution is 2.18. The van der Waals surface area contributed by atoms with Crippen molar-refractivity contribution in [3.8, 4) is 17.1 Å². The summed E-state index contributed by atoms with van der Waals surface area (Å²) in [6, 6.07) is 17.2. The largest absolute Gasteiger partial charge is 0.481 e. The fourth-order valence-electron chi connectivity index (χ4n) is 2.48. The molecular weight excluding hydrogens is 314 g/mol. The monoisotopic (exact) mass is 333 g/mol. The van der Waals surface area contributed by atoms with E-state index in [0.29, 0.717) is 23.7 Å². The molecule has 3 aromatic rings. The molecule has 0 atom stereocenters. The summed E-state index contributed by atoms with van der Waals surface area (Å²) in [4.78, 5) is 21.1. The standard InChI is InChI=1S/C20H19N3O2/c1-14-17(9-10-18(23-14)16-6-4-3-5-7-16)20(24)22-13-15-8-11-19(25-2)21-12-15/h3-12H,13H2,1-2H3,(H,22,24). The molecule has 5 heteroatoms. The molecule has 25 heavy (non-hydrogen) atoms. The Morgan fingerprint density at radius 2 is 1.88 bits per heavy atom. The van der Waals surface area contributed by atoms with Gasteiger partial charge in [0, 0.05) is 24.4 Å². The Morgan fingerprint density at radius 3 is 2.52 bits per heavy atom. The minimum absolute atomic E-state index is 0.152. The first-order chi connectivity index (χ1) is 12.2. The zero-order valence-electron chi connectivity index (χ0n) is 14.2. The van der Waals surface area contributed by atoms with Gasteiger partial charge in [-0.2, -0.15) is 0 Å². The van der Waals surface area contributed by atoms with Crippen molar-refractivity contribution < 1.29 is 9.53 Å². The second kappa shape index (κ2) is 7.57. The number of pyridine rings is 2. The van der Waals surface area contributed by atoms with Crippen LogP contribution >= 0.6 is 0 Å². The van der Waals surface area contributed by atoms with Crippen LogP contribution < -0.4 is 10.1 Å². The second-order valence-electron chi connectivity index (χ2n) is 5.59. The summed E-state index contributed by atoms with van der Waals surface area (Å²) in [6.07, 6.45) is 1.68. The molecule has 0 unspecified atom stereocenters. The number of ether oxygens (including phenoxy) is 1. The van der Waals surface area contributed by atoms with Gasteiger partial charge in [-0.05, 0) is 24.6 Å². The molecule has 0 saturated carbocycles. The molecule has 0 aliphatic rings. The van der Waals surface area contributed by atoms with Crippen molar-refractivity contribution in [3.05, 3.63) is 77.6 Å². The molecule has 0 spiro atoms. The van der Waals surface area contributed by atoms with Gasteiger partial charge in [0.05, 0.1) is 24.1 Å². The normalized spacial score (nSPS) is 10.3. The lowest BCUT2D eigenvalue weighted by Gasteiger charge is -2.09. The lowest BCUT2D eigenvalue weighted by Crippen LogP contribution is -2.24. The molecule has 126 valence electrons. The highest BCUT2D eigenvalue weighted by atomic mass is 16.5. The van der Waals surface area contributed by atoms with Crippen molar-refractivity contribution in [3.63, 3.8) is 0 Å². The highest BCUT2D eigenvalue weighted by Gasteiger charge is 2.11. The molecule has 1 aromatic carbocycles. The van der Waals surface area contributed by atoms with Crippen molar-refractivity contribution >= 4 is 5.91 Å². The molecule has 3 rings (SSSR count). The van der Waals surface area contributed by atoms with Crippen LogP contribution in [0.3, 0.4) is 0 Å². The number of hydrogen-bond donors (Lipinski definition) is 1. The summed E-state index contributed by atoms with van der Waals surface area (Å²) in [5, 5.41) is 2.89. The maximum absolute atomic E-state index is 12.4. The van der Waals surface area contributed by atoms with E-state index in [1.807, 2.05) is 55.5 Å². The number of benzene rings is 1. The van der Waals surface area contributed by atoms with E-state index in [9.17, 15) is 4.79 Å². The molecule has 0 radical (unpaired) electrons. The molecule has 2 heterocycles. The maximum atomic E-state index is 12.4. The number of aryl methyl sites for hydroxylation is 1.